The number of aromatic nitrogens is 3. The first kappa shape index (κ1) is 18.1. The number of alkyl halides is 3. The summed E-state index contributed by atoms with van der Waals surface area (Å²) in [4.78, 5) is 17.3. The van der Waals surface area contributed by atoms with Crippen LogP contribution in [0.4, 0.5) is 23.7 Å². The third-order valence-corrected chi connectivity index (χ3v) is 3.99. The summed E-state index contributed by atoms with van der Waals surface area (Å²) >= 11 is 0. The number of carbonyl (C=O) groups is 1. The highest BCUT2D eigenvalue weighted by atomic mass is 19.4. The van der Waals surface area contributed by atoms with Crippen LogP contribution in [0.2, 0.25) is 0 Å². The van der Waals surface area contributed by atoms with Gasteiger partial charge in [-0.15, -0.1) is 10.2 Å². The molecule has 1 N–H and O–H groups in total. The number of urea groups is 1. The van der Waals surface area contributed by atoms with E-state index in [4.69, 9.17) is 9.15 Å². The highest BCUT2D eigenvalue weighted by molar-refractivity contribution is 5.89. The van der Waals surface area contributed by atoms with Gasteiger partial charge in [0, 0.05) is 27.0 Å². The molecule has 0 bridgehead atoms. The van der Waals surface area contributed by atoms with Crippen LogP contribution in [0.3, 0.4) is 0 Å². The molecule has 0 saturated carbocycles. The zero-order valence-corrected chi connectivity index (χ0v) is 13.9. The molecule has 0 unspecified atom stereocenters. The van der Waals surface area contributed by atoms with Crippen LogP contribution in [0.1, 0.15) is 29.9 Å². The van der Waals surface area contributed by atoms with Crippen molar-refractivity contribution in [2.24, 2.45) is 0 Å². The van der Waals surface area contributed by atoms with Gasteiger partial charge in [0.05, 0.1) is 18.0 Å². The van der Waals surface area contributed by atoms with Gasteiger partial charge >= 0.3 is 12.2 Å². The van der Waals surface area contributed by atoms with E-state index in [9.17, 15) is 18.0 Å². The predicted molar refractivity (Wildman–Crippen MR) is 82.2 cm³/mol. The van der Waals surface area contributed by atoms with Crippen LogP contribution in [0.25, 0.3) is 0 Å². The number of nitrogens with one attached hydrogen (secondary N) is 1. The molecular weight excluding hydrogens is 355 g/mol. The van der Waals surface area contributed by atoms with Crippen molar-refractivity contribution in [3.8, 4) is 0 Å². The molecule has 1 aliphatic heterocycles. The molecule has 0 spiro atoms. The summed E-state index contributed by atoms with van der Waals surface area (Å²) in [5.74, 6) is 0.649. The number of aryl methyl sites for hydroxylation is 1. The predicted octanol–water partition coefficient (Wildman–Crippen LogP) is 2.79. The Morgan fingerprint density at radius 2 is 2.15 bits per heavy atom. The monoisotopic (exact) mass is 371 g/mol. The summed E-state index contributed by atoms with van der Waals surface area (Å²) in [6, 6.07) is 0.940. The topological polar surface area (TPSA) is 93.4 Å². The second-order valence-corrected chi connectivity index (χ2v) is 5.78. The van der Waals surface area contributed by atoms with E-state index in [1.54, 1.807) is 6.92 Å². The first-order chi connectivity index (χ1) is 12.3. The van der Waals surface area contributed by atoms with E-state index in [1.807, 2.05) is 0 Å². The van der Waals surface area contributed by atoms with Crippen molar-refractivity contribution in [2.75, 3.05) is 19.0 Å². The first-order valence-electron chi connectivity index (χ1n) is 7.71. The third kappa shape index (κ3) is 3.77. The van der Waals surface area contributed by atoms with E-state index in [0.29, 0.717) is 12.3 Å². The number of halogens is 3. The summed E-state index contributed by atoms with van der Waals surface area (Å²) in [5.41, 5.74) is -0.889. The Balaban J connectivity index is 1.74. The van der Waals surface area contributed by atoms with Crippen LogP contribution in [-0.4, -0.2) is 45.9 Å². The highest BCUT2D eigenvalue weighted by Gasteiger charge is 2.39. The lowest BCUT2D eigenvalue weighted by atomic mass is 10.2. The summed E-state index contributed by atoms with van der Waals surface area (Å²) < 4.78 is 48.4. The Bertz CT molecular complexity index is 778. The van der Waals surface area contributed by atoms with E-state index >= 15 is 0 Å². The van der Waals surface area contributed by atoms with Gasteiger partial charge in [-0.25, -0.2) is 9.78 Å². The van der Waals surface area contributed by atoms with Crippen molar-refractivity contribution in [1.29, 1.82) is 0 Å². The van der Waals surface area contributed by atoms with Crippen molar-refractivity contribution in [1.82, 2.24) is 20.1 Å². The number of ether oxygens (including phenoxy) is 1. The van der Waals surface area contributed by atoms with Crippen molar-refractivity contribution >= 4 is 11.7 Å². The van der Waals surface area contributed by atoms with E-state index in [1.165, 1.54) is 12.0 Å². The van der Waals surface area contributed by atoms with Crippen LogP contribution >= 0.6 is 0 Å². The highest BCUT2D eigenvalue weighted by Crippen LogP contribution is 2.33. The zero-order valence-electron chi connectivity index (χ0n) is 13.9. The van der Waals surface area contributed by atoms with E-state index < -0.39 is 23.9 Å². The summed E-state index contributed by atoms with van der Waals surface area (Å²) in [6.45, 7) is 1.92. The first-order valence-corrected chi connectivity index (χ1v) is 7.71. The number of rotatable bonds is 3. The number of anilines is 1. The van der Waals surface area contributed by atoms with Gasteiger partial charge in [-0.2, -0.15) is 13.2 Å². The molecule has 1 aliphatic rings. The number of nitrogens with zero attached hydrogens (tertiary/aromatic N) is 4. The van der Waals surface area contributed by atoms with Gasteiger partial charge in [-0.05, 0) is 12.1 Å². The minimum Gasteiger partial charge on any atom is -0.423 e. The molecule has 2 amide bonds. The van der Waals surface area contributed by atoms with Crippen LogP contribution in [0, 0.1) is 6.92 Å². The molecule has 2 aromatic heterocycles. The molecule has 3 heterocycles. The van der Waals surface area contributed by atoms with Gasteiger partial charge < -0.3 is 19.4 Å². The molecule has 8 nitrogen and oxygen atoms in total. The van der Waals surface area contributed by atoms with Crippen molar-refractivity contribution in [3.63, 3.8) is 0 Å². The number of hydrogen-bond donors (Lipinski definition) is 1. The molecule has 3 rings (SSSR count). The van der Waals surface area contributed by atoms with E-state index in [2.05, 4.69) is 20.5 Å². The van der Waals surface area contributed by atoms with Crippen molar-refractivity contribution in [2.45, 2.75) is 31.7 Å². The fourth-order valence-corrected chi connectivity index (χ4v) is 2.70. The number of hydrogen-bond acceptors (Lipinski definition) is 6. The Hall–Kier alpha value is -2.69. The standard InChI is InChI=1S/C15H16F3N5O3/c1-8-21-22-13(26-8)11-5-10(25-2)7-23(11)14(24)20-9-3-4-12(19-6-9)15(16,17)18/h3-4,6,10-11H,5,7H2,1-2H3,(H,20,24)/t10-,11+/m0/s1. The lowest BCUT2D eigenvalue weighted by molar-refractivity contribution is -0.141. The van der Waals surface area contributed by atoms with Crippen LogP contribution in [0.15, 0.2) is 22.7 Å². The maximum absolute atomic E-state index is 12.6. The van der Waals surface area contributed by atoms with Crippen molar-refractivity contribution < 1.29 is 27.1 Å². The SMILES string of the molecule is CO[C@H]1C[C@H](c2nnc(C)o2)N(C(=O)Nc2ccc(C(F)(F)F)nc2)C1. The zero-order chi connectivity index (χ0) is 18.9. The fourth-order valence-electron chi connectivity index (χ4n) is 2.70. The van der Waals surface area contributed by atoms with Gasteiger partial charge in [0.15, 0.2) is 0 Å². The molecule has 2 aromatic rings. The number of amides is 2. The minimum absolute atomic E-state index is 0.143. The normalized spacial score (nSPS) is 20.4. The quantitative estimate of drug-likeness (QED) is 0.892. The molecule has 1 saturated heterocycles. The summed E-state index contributed by atoms with van der Waals surface area (Å²) in [7, 11) is 1.53. The molecule has 26 heavy (non-hydrogen) atoms. The average molecular weight is 371 g/mol. The molecule has 1 fully saturated rings. The largest absolute Gasteiger partial charge is 0.433 e. The van der Waals surface area contributed by atoms with E-state index in [-0.39, 0.29) is 24.2 Å². The Kier molecular flexibility index (Phi) is 4.81. The molecule has 11 heteroatoms. The van der Waals surface area contributed by atoms with Crippen LogP contribution in [0.5, 0.6) is 0 Å². The number of methoxy groups -OCH3 is 1. The van der Waals surface area contributed by atoms with Gasteiger partial charge in [0.2, 0.25) is 11.8 Å². The molecular formula is C15H16F3N5O3. The van der Waals surface area contributed by atoms with Gasteiger partial charge in [-0.1, -0.05) is 0 Å². The van der Waals surface area contributed by atoms with Crippen molar-refractivity contribution in [3.05, 3.63) is 35.8 Å². The fraction of sp³-hybridized carbons (Fsp3) is 0.467. The Morgan fingerprint density at radius 1 is 1.38 bits per heavy atom. The smallest absolute Gasteiger partial charge is 0.423 e. The second kappa shape index (κ2) is 6.90. The molecule has 0 aliphatic carbocycles. The molecule has 2 atom stereocenters. The summed E-state index contributed by atoms with van der Waals surface area (Å²) in [6.07, 6.45) is -3.33. The maximum atomic E-state index is 12.6. The third-order valence-electron chi connectivity index (χ3n) is 3.99. The van der Waals surface area contributed by atoms with Gasteiger partial charge in [-0.3, -0.25) is 0 Å². The molecule has 140 valence electrons. The molecule has 0 aromatic carbocycles. The van der Waals surface area contributed by atoms with E-state index in [0.717, 1.165) is 18.3 Å². The Labute approximate surface area is 146 Å². The number of carbonyl (C=O) groups excluding carboxylic acids is 1. The van der Waals surface area contributed by atoms with Gasteiger partial charge in [0.1, 0.15) is 11.7 Å². The lowest BCUT2D eigenvalue weighted by Gasteiger charge is -2.22. The lowest BCUT2D eigenvalue weighted by Crippen LogP contribution is -2.35. The number of pyridine rings is 1. The number of likely N-dealkylation sites (tertiary alicyclic amines) is 1. The average Bonchev–Trinajstić information content (AvgIpc) is 3.20. The van der Waals surface area contributed by atoms with Crippen LogP contribution in [-0.2, 0) is 10.9 Å². The van der Waals surface area contributed by atoms with Crippen LogP contribution < -0.4 is 5.32 Å². The maximum Gasteiger partial charge on any atom is 0.433 e. The Morgan fingerprint density at radius 3 is 2.69 bits per heavy atom. The second-order valence-electron chi connectivity index (χ2n) is 5.78. The van der Waals surface area contributed by atoms with Gasteiger partial charge in [0.25, 0.3) is 0 Å². The minimum atomic E-state index is -4.54. The molecule has 0 radical (unpaired) electrons. The summed E-state index contributed by atoms with van der Waals surface area (Å²) in [5, 5.41) is 10.2.